The number of benzene rings is 2. The molecule has 2 aromatic carbocycles. The molecule has 4 rings (SSSR count). The Hall–Kier alpha value is -2.93. The zero-order chi connectivity index (χ0) is 23.4. The van der Waals surface area contributed by atoms with Gasteiger partial charge >= 0.3 is 0 Å². The number of nitrogens with zero attached hydrogens (tertiary/aromatic N) is 1. The van der Waals surface area contributed by atoms with Gasteiger partial charge in [-0.2, -0.15) is 0 Å². The van der Waals surface area contributed by atoms with Gasteiger partial charge in [0.2, 0.25) is 5.91 Å². The van der Waals surface area contributed by atoms with E-state index in [1.165, 1.54) is 12.1 Å². The van der Waals surface area contributed by atoms with Crippen LogP contribution in [0.1, 0.15) is 48.9 Å². The van der Waals surface area contributed by atoms with Crippen molar-refractivity contribution in [3.8, 4) is 5.75 Å². The van der Waals surface area contributed by atoms with Gasteiger partial charge < -0.3 is 19.7 Å². The van der Waals surface area contributed by atoms with Gasteiger partial charge in [0.15, 0.2) is 6.10 Å². The molecule has 1 aliphatic heterocycles. The molecule has 7 heteroatoms. The number of ether oxygens (including phenoxy) is 2. The molecule has 1 fully saturated rings. The molecule has 176 valence electrons. The highest BCUT2D eigenvalue weighted by Crippen LogP contribution is 2.41. The minimum Gasteiger partial charge on any atom is -0.481 e. The zero-order valence-corrected chi connectivity index (χ0v) is 19.2. The molecule has 2 atom stereocenters. The first-order valence-electron chi connectivity index (χ1n) is 11.6. The quantitative estimate of drug-likeness (QED) is 0.588. The highest BCUT2D eigenvalue weighted by Gasteiger charge is 2.39. The number of carbonyl (C=O) groups is 2. The predicted octanol–water partition coefficient (Wildman–Crippen LogP) is 3.63. The van der Waals surface area contributed by atoms with E-state index in [1.54, 1.807) is 13.2 Å². The lowest BCUT2D eigenvalue weighted by molar-refractivity contribution is -0.134. The molecule has 2 amide bonds. The fourth-order valence-electron chi connectivity index (χ4n) is 4.38. The standard InChI is InChI=1S/C26H31FN2O4/c1-3-23(25(30)28-12-14-32-2)33-21-10-9-17-11-13-29(26(31)18-7-8-18)24(22(17)16-21)19-5-4-6-20(27)15-19/h4-6,9-10,15-16,18,23-24H,3,7-8,11-14H2,1-2H3,(H,28,30)/t23-,24-/m0/s1. The van der Waals surface area contributed by atoms with E-state index in [0.29, 0.717) is 31.9 Å². The predicted molar refractivity (Wildman–Crippen MR) is 122 cm³/mol. The Bertz CT molecular complexity index is 1010. The van der Waals surface area contributed by atoms with Crippen molar-refractivity contribution >= 4 is 11.8 Å². The van der Waals surface area contributed by atoms with Crippen molar-refractivity contribution in [3.05, 3.63) is 65.0 Å². The third-order valence-electron chi connectivity index (χ3n) is 6.27. The normalized spacial score (nSPS) is 18.4. The summed E-state index contributed by atoms with van der Waals surface area (Å²) >= 11 is 0. The molecule has 33 heavy (non-hydrogen) atoms. The molecule has 0 aromatic heterocycles. The minimum absolute atomic E-state index is 0.0716. The first kappa shape index (κ1) is 23.2. The SMILES string of the molecule is CC[C@H](Oc1ccc2c(c1)[C@H](c1cccc(F)c1)N(C(=O)C1CC1)CC2)C(=O)NCCOC. The molecule has 6 nitrogen and oxygen atoms in total. The van der Waals surface area contributed by atoms with Gasteiger partial charge in [-0.1, -0.05) is 25.1 Å². The Morgan fingerprint density at radius 3 is 2.73 bits per heavy atom. The molecule has 1 aliphatic carbocycles. The lowest BCUT2D eigenvalue weighted by atomic mass is 9.87. The summed E-state index contributed by atoms with van der Waals surface area (Å²) in [5.41, 5.74) is 2.77. The van der Waals surface area contributed by atoms with Gasteiger partial charge in [0.25, 0.3) is 5.91 Å². The molecule has 0 bridgehead atoms. The van der Waals surface area contributed by atoms with Crippen LogP contribution in [0.25, 0.3) is 0 Å². The lowest BCUT2D eigenvalue weighted by Gasteiger charge is -2.38. The fraction of sp³-hybridized carbons (Fsp3) is 0.462. The maximum absolute atomic E-state index is 14.1. The molecule has 0 unspecified atom stereocenters. The van der Waals surface area contributed by atoms with E-state index in [4.69, 9.17) is 9.47 Å². The summed E-state index contributed by atoms with van der Waals surface area (Å²) in [6.07, 6.45) is 2.43. The Labute approximate surface area is 194 Å². The number of halogens is 1. The van der Waals surface area contributed by atoms with Crippen LogP contribution in [0.4, 0.5) is 4.39 Å². The van der Waals surface area contributed by atoms with Crippen molar-refractivity contribution in [2.45, 2.75) is 44.8 Å². The highest BCUT2D eigenvalue weighted by atomic mass is 19.1. The molecule has 1 heterocycles. The summed E-state index contributed by atoms with van der Waals surface area (Å²) in [7, 11) is 1.58. The Morgan fingerprint density at radius 1 is 1.21 bits per heavy atom. The molecule has 0 spiro atoms. The smallest absolute Gasteiger partial charge is 0.261 e. The maximum Gasteiger partial charge on any atom is 0.261 e. The van der Waals surface area contributed by atoms with Crippen molar-refractivity contribution in [3.63, 3.8) is 0 Å². The van der Waals surface area contributed by atoms with Crippen LogP contribution in [-0.2, 0) is 20.7 Å². The van der Waals surface area contributed by atoms with Crippen molar-refractivity contribution in [1.29, 1.82) is 0 Å². The average molecular weight is 455 g/mol. The summed E-state index contributed by atoms with van der Waals surface area (Å²) in [5.74, 6) is 0.237. The highest BCUT2D eigenvalue weighted by molar-refractivity contribution is 5.82. The molecule has 0 radical (unpaired) electrons. The van der Waals surface area contributed by atoms with Crippen LogP contribution in [0, 0.1) is 11.7 Å². The van der Waals surface area contributed by atoms with Crippen LogP contribution in [0.3, 0.4) is 0 Å². The number of rotatable bonds is 9. The first-order valence-corrected chi connectivity index (χ1v) is 11.6. The summed E-state index contributed by atoms with van der Waals surface area (Å²) in [5, 5.41) is 2.82. The second-order valence-corrected chi connectivity index (χ2v) is 8.67. The van der Waals surface area contributed by atoms with E-state index in [0.717, 1.165) is 36.0 Å². The van der Waals surface area contributed by atoms with E-state index in [9.17, 15) is 14.0 Å². The van der Waals surface area contributed by atoms with Gasteiger partial charge in [0, 0.05) is 26.1 Å². The topological polar surface area (TPSA) is 67.9 Å². The number of methoxy groups -OCH3 is 1. The summed E-state index contributed by atoms with van der Waals surface area (Å²) < 4.78 is 25.2. The van der Waals surface area contributed by atoms with E-state index in [-0.39, 0.29) is 29.6 Å². The van der Waals surface area contributed by atoms with E-state index < -0.39 is 6.10 Å². The van der Waals surface area contributed by atoms with Crippen LogP contribution < -0.4 is 10.1 Å². The number of hydrogen-bond donors (Lipinski definition) is 1. The van der Waals surface area contributed by atoms with Gasteiger partial charge in [0.1, 0.15) is 11.6 Å². The third kappa shape index (κ3) is 5.36. The Kier molecular flexibility index (Phi) is 7.28. The average Bonchev–Trinajstić information content (AvgIpc) is 3.67. The van der Waals surface area contributed by atoms with Crippen LogP contribution in [0.2, 0.25) is 0 Å². The molecule has 2 aromatic rings. The second kappa shape index (κ2) is 10.3. The summed E-state index contributed by atoms with van der Waals surface area (Å²) in [4.78, 5) is 27.5. The summed E-state index contributed by atoms with van der Waals surface area (Å²) in [6.45, 7) is 3.34. The van der Waals surface area contributed by atoms with E-state index in [1.807, 2.05) is 36.1 Å². The minimum atomic E-state index is -0.639. The van der Waals surface area contributed by atoms with Gasteiger partial charge in [-0.25, -0.2) is 4.39 Å². The molecular formula is C26H31FN2O4. The summed E-state index contributed by atoms with van der Waals surface area (Å²) in [6, 6.07) is 11.8. The van der Waals surface area contributed by atoms with Crippen molar-refractivity contribution in [2.24, 2.45) is 5.92 Å². The molecule has 0 saturated heterocycles. The number of hydrogen-bond acceptors (Lipinski definition) is 4. The molecular weight excluding hydrogens is 423 g/mol. The van der Waals surface area contributed by atoms with Gasteiger partial charge in [-0.15, -0.1) is 0 Å². The van der Waals surface area contributed by atoms with E-state index >= 15 is 0 Å². The fourth-order valence-corrected chi connectivity index (χ4v) is 4.38. The third-order valence-corrected chi connectivity index (χ3v) is 6.27. The van der Waals surface area contributed by atoms with Crippen LogP contribution in [-0.4, -0.2) is 49.6 Å². The van der Waals surface area contributed by atoms with Gasteiger partial charge in [0.05, 0.1) is 12.6 Å². The Balaban J connectivity index is 1.63. The monoisotopic (exact) mass is 454 g/mol. The zero-order valence-electron chi connectivity index (χ0n) is 19.2. The lowest BCUT2D eigenvalue weighted by Crippen LogP contribution is -2.41. The second-order valence-electron chi connectivity index (χ2n) is 8.67. The Morgan fingerprint density at radius 2 is 2.03 bits per heavy atom. The molecule has 1 saturated carbocycles. The van der Waals surface area contributed by atoms with Gasteiger partial charge in [-0.05, 0) is 66.6 Å². The van der Waals surface area contributed by atoms with Crippen LogP contribution in [0.15, 0.2) is 42.5 Å². The molecule has 2 aliphatic rings. The number of nitrogens with one attached hydrogen (secondary N) is 1. The van der Waals surface area contributed by atoms with E-state index in [2.05, 4.69) is 5.32 Å². The van der Waals surface area contributed by atoms with Crippen LogP contribution >= 0.6 is 0 Å². The van der Waals surface area contributed by atoms with Crippen LogP contribution in [0.5, 0.6) is 5.75 Å². The molecule has 1 N–H and O–H groups in total. The number of carbonyl (C=O) groups excluding carboxylic acids is 2. The van der Waals surface area contributed by atoms with Crippen molar-refractivity contribution < 1.29 is 23.5 Å². The first-order chi connectivity index (χ1) is 16.0. The number of fused-ring (bicyclic) bond motifs is 1. The largest absolute Gasteiger partial charge is 0.481 e. The number of amides is 2. The maximum atomic E-state index is 14.1. The van der Waals surface area contributed by atoms with Crippen molar-refractivity contribution in [1.82, 2.24) is 10.2 Å². The van der Waals surface area contributed by atoms with Gasteiger partial charge in [-0.3, -0.25) is 9.59 Å². The van der Waals surface area contributed by atoms with Crippen molar-refractivity contribution in [2.75, 3.05) is 26.8 Å².